The molecule has 2 rings (SSSR count). The second-order valence-electron chi connectivity index (χ2n) is 11.5. The molecule has 0 aromatic heterocycles. The van der Waals surface area contributed by atoms with E-state index in [4.69, 9.17) is 17.2 Å². The Morgan fingerprint density at radius 1 is 1.00 bits per heavy atom. The molecule has 250 valence electrons. The highest BCUT2D eigenvalue weighted by molar-refractivity contribution is 5.96. The number of nitrogens with two attached hydrogens (primary N) is 3. The van der Waals surface area contributed by atoms with Crippen LogP contribution >= 0.6 is 0 Å². The third kappa shape index (κ3) is 11.2. The number of phenolic OH excluding ortho intramolecular Hbond substituents is 1. The van der Waals surface area contributed by atoms with Gasteiger partial charge in [0.25, 0.3) is 0 Å². The van der Waals surface area contributed by atoms with Crippen molar-refractivity contribution < 1.29 is 39.3 Å². The minimum atomic E-state index is -1.56. The Morgan fingerprint density at radius 3 is 2.20 bits per heavy atom. The van der Waals surface area contributed by atoms with Gasteiger partial charge in [-0.15, -0.1) is 0 Å². The molecular formula is C29H46N8O8. The molecule has 1 aromatic rings. The number of aliphatic hydroxyl groups is 1. The number of aromatic hydroxyl groups is 1. The van der Waals surface area contributed by atoms with Gasteiger partial charge in [0.05, 0.1) is 12.1 Å². The van der Waals surface area contributed by atoms with Crippen LogP contribution in [-0.2, 0) is 30.4 Å². The molecule has 16 heteroatoms. The van der Waals surface area contributed by atoms with E-state index in [0.717, 1.165) is 0 Å². The molecule has 4 amide bonds. The number of carboxylic acids is 1. The van der Waals surface area contributed by atoms with Gasteiger partial charge in [-0.3, -0.25) is 24.2 Å². The number of amides is 4. The number of aliphatic carboxylic acids is 1. The molecule has 16 nitrogen and oxygen atoms in total. The van der Waals surface area contributed by atoms with E-state index in [0.29, 0.717) is 18.4 Å². The first-order valence-corrected chi connectivity index (χ1v) is 14.8. The van der Waals surface area contributed by atoms with Crippen molar-refractivity contribution in [2.75, 3.05) is 13.1 Å². The Bertz CT molecular complexity index is 1220. The van der Waals surface area contributed by atoms with Crippen LogP contribution in [0.2, 0.25) is 0 Å². The number of carboxylic acid groups (broad SMARTS) is 1. The molecule has 0 radical (unpaired) electrons. The summed E-state index contributed by atoms with van der Waals surface area (Å²) < 4.78 is 0. The van der Waals surface area contributed by atoms with Crippen molar-refractivity contribution in [3.63, 3.8) is 0 Å². The summed E-state index contributed by atoms with van der Waals surface area (Å²) in [7, 11) is 0. The van der Waals surface area contributed by atoms with Crippen LogP contribution in [0.4, 0.5) is 0 Å². The van der Waals surface area contributed by atoms with Gasteiger partial charge in [0.2, 0.25) is 23.6 Å². The topological polar surface area (TPSA) is 276 Å². The molecule has 1 aromatic carbocycles. The van der Waals surface area contributed by atoms with Crippen LogP contribution in [0.1, 0.15) is 52.0 Å². The van der Waals surface area contributed by atoms with Crippen LogP contribution in [-0.4, -0.2) is 105 Å². The summed E-state index contributed by atoms with van der Waals surface area (Å²) in [6.45, 7) is 5.12. The van der Waals surface area contributed by atoms with E-state index in [-0.39, 0.29) is 44.1 Å². The highest BCUT2D eigenvalue weighted by atomic mass is 16.4. The molecule has 0 bridgehead atoms. The number of guanidine groups is 1. The number of carbonyl (C=O) groups excluding carboxylic acids is 4. The standard InChI is InChI=1S/C29H46N8O8/c1-15(2)22(27(43)37-13-5-7-21(37)26(42)36-23(16(3)38)28(44)45)35-25(41)20(14-17-8-10-18(39)11-9-17)34-24(40)19(30)6-4-12-33-29(31)32/h8-11,15-16,19-23,38-39H,4-7,12-14,30H2,1-3H3,(H,34,40)(H,35,41)(H,36,42)(H,44,45)(H4,31,32,33)/t16-,19+,20+,21+,22+,23+/m1/s1. The Balaban J connectivity index is 2.22. The van der Waals surface area contributed by atoms with Crippen molar-refractivity contribution in [1.29, 1.82) is 0 Å². The maximum Gasteiger partial charge on any atom is 0.328 e. The van der Waals surface area contributed by atoms with Crippen molar-refractivity contribution in [1.82, 2.24) is 20.9 Å². The van der Waals surface area contributed by atoms with Crippen LogP contribution in [0.3, 0.4) is 0 Å². The van der Waals surface area contributed by atoms with Gasteiger partial charge >= 0.3 is 5.97 Å². The fourth-order valence-electron chi connectivity index (χ4n) is 4.89. The number of carbonyl (C=O) groups is 5. The fraction of sp³-hybridized carbons (Fsp3) is 0.586. The number of hydrogen-bond donors (Lipinski definition) is 9. The van der Waals surface area contributed by atoms with E-state index in [1.807, 2.05) is 0 Å². The molecule has 1 aliphatic heterocycles. The zero-order chi connectivity index (χ0) is 33.8. The molecular weight excluding hydrogens is 588 g/mol. The predicted octanol–water partition coefficient (Wildman–Crippen LogP) is -2.12. The van der Waals surface area contributed by atoms with Gasteiger partial charge in [-0.2, -0.15) is 0 Å². The lowest BCUT2D eigenvalue weighted by molar-refractivity contribution is -0.147. The maximum absolute atomic E-state index is 13.7. The highest BCUT2D eigenvalue weighted by Gasteiger charge is 2.41. The molecule has 6 atom stereocenters. The molecule has 0 unspecified atom stereocenters. The van der Waals surface area contributed by atoms with E-state index in [9.17, 15) is 39.3 Å². The third-order valence-electron chi connectivity index (χ3n) is 7.43. The summed E-state index contributed by atoms with van der Waals surface area (Å²) in [5, 5.41) is 36.4. The van der Waals surface area contributed by atoms with Crippen LogP contribution in [0.5, 0.6) is 5.75 Å². The lowest BCUT2D eigenvalue weighted by Gasteiger charge is -2.32. The number of rotatable bonds is 16. The largest absolute Gasteiger partial charge is 0.508 e. The number of hydrogen-bond acceptors (Lipinski definition) is 9. The van der Waals surface area contributed by atoms with Gasteiger partial charge < -0.3 is 53.4 Å². The molecule has 1 heterocycles. The summed E-state index contributed by atoms with van der Waals surface area (Å²) >= 11 is 0. The molecule has 1 saturated heterocycles. The Hall–Kier alpha value is -4.44. The summed E-state index contributed by atoms with van der Waals surface area (Å²) in [6, 6.07) is 0.279. The first-order valence-electron chi connectivity index (χ1n) is 14.8. The van der Waals surface area contributed by atoms with Gasteiger partial charge in [0, 0.05) is 19.5 Å². The van der Waals surface area contributed by atoms with Gasteiger partial charge in [0.1, 0.15) is 23.9 Å². The SMILES string of the molecule is CC(C)[C@H](NC(=O)[C@H](Cc1ccc(O)cc1)NC(=O)[C@@H](N)CCCN=C(N)N)C(=O)N1CCC[C@H]1C(=O)N[C@H](C(=O)O)[C@@H](C)O. The van der Waals surface area contributed by atoms with E-state index < -0.39 is 71.8 Å². The Kier molecular flexibility index (Phi) is 14.0. The van der Waals surface area contributed by atoms with Crippen LogP contribution in [0, 0.1) is 5.92 Å². The van der Waals surface area contributed by atoms with Crippen molar-refractivity contribution in [2.45, 2.75) is 89.2 Å². The Morgan fingerprint density at radius 2 is 1.64 bits per heavy atom. The van der Waals surface area contributed by atoms with Gasteiger partial charge in [-0.1, -0.05) is 26.0 Å². The van der Waals surface area contributed by atoms with Gasteiger partial charge in [0.15, 0.2) is 12.0 Å². The van der Waals surface area contributed by atoms with E-state index >= 15 is 0 Å². The smallest absolute Gasteiger partial charge is 0.328 e. The summed E-state index contributed by atoms with van der Waals surface area (Å²) in [5.41, 5.74) is 17.3. The van der Waals surface area contributed by atoms with Crippen molar-refractivity contribution in [3.8, 4) is 5.75 Å². The monoisotopic (exact) mass is 634 g/mol. The molecule has 0 aliphatic carbocycles. The van der Waals surface area contributed by atoms with Crippen molar-refractivity contribution >= 4 is 35.6 Å². The second kappa shape index (κ2) is 17.2. The summed E-state index contributed by atoms with van der Waals surface area (Å²) in [5.74, 6) is -4.47. The van der Waals surface area contributed by atoms with Crippen LogP contribution in [0.25, 0.3) is 0 Å². The average Bonchev–Trinajstić information content (AvgIpc) is 3.46. The minimum absolute atomic E-state index is 0.0161. The number of phenols is 1. The number of aliphatic hydroxyl groups excluding tert-OH is 1. The van der Waals surface area contributed by atoms with Crippen molar-refractivity contribution in [3.05, 3.63) is 29.8 Å². The predicted molar refractivity (Wildman–Crippen MR) is 164 cm³/mol. The second-order valence-corrected chi connectivity index (χ2v) is 11.5. The lowest BCUT2D eigenvalue weighted by atomic mass is 9.99. The molecule has 1 fully saturated rings. The number of aliphatic imine (C=N–C) groups is 1. The van der Waals surface area contributed by atoms with E-state index in [2.05, 4.69) is 20.9 Å². The van der Waals surface area contributed by atoms with Crippen LogP contribution < -0.4 is 33.2 Å². The number of nitrogens with zero attached hydrogens (tertiary/aromatic N) is 2. The quantitative estimate of drug-likeness (QED) is 0.0539. The van der Waals surface area contributed by atoms with Gasteiger partial charge in [-0.25, -0.2) is 4.79 Å². The average molecular weight is 635 g/mol. The van der Waals surface area contributed by atoms with E-state index in [1.165, 1.54) is 24.0 Å². The Labute approximate surface area is 261 Å². The molecule has 12 N–H and O–H groups in total. The summed E-state index contributed by atoms with van der Waals surface area (Å²) in [6.07, 6.45) is 0.0347. The molecule has 0 spiro atoms. The molecule has 0 saturated carbocycles. The maximum atomic E-state index is 13.7. The van der Waals surface area contributed by atoms with Crippen LogP contribution in [0.15, 0.2) is 29.3 Å². The zero-order valence-electron chi connectivity index (χ0n) is 25.8. The highest BCUT2D eigenvalue weighted by Crippen LogP contribution is 2.21. The molecule has 1 aliphatic rings. The number of benzene rings is 1. The number of likely N-dealkylation sites (tertiary alicyclic amines) is 1. The first kappa shape index (κ1) is 36.8. The van der Waals surface area contributed by atoms with Crippen molar-refractivity contribution in [2.24, 2.45) is 28.1 Å². The third-order valence-corrected chi connectivity index (χ3v) is 7.43. The first-order chi connectivity index (χ1) is 21.1. The van der Waals surface area contributed by atoms with Gasteiger partial charge in [-0.05, 0) is 56.2 Å². The molecule has 45 heavy (non-hydrogen) atoms. The minimum Gasteiger partial charge on any atom is -0.508 e. The fourth-order valence-corrected chi connectivity index (χ4v) is 4.89. The summed E-state index contributed by atoms with van der Waals surface area (Å²) in [4.78, 5) is 70.0. The van der Waals surface area contributed by atoms with E-state index in [1.54, 1.807) is 26.0 Å². The lowest BCUT2D eigenvalue weighted by Crippen LogP contribution is -2.60. The normalized spacial score (nSPS) is 17.8. The zero-order valence-corrected chi connectivity index (χ0v) is 25.8. The number of nitrogens with one attached hydrogen (secondary N) is 3.